The Morgan fingerprint density at radius 1 is 1.21 bits per heavy atom. The Morgan fingerprint density at radius 2 is 1.79 bits per heavy atom. The Labute approximate surface area is 115 Å². The zero-order chi connectivity index (χ0) is 10.8. The summed E-state index contributed by atoms with van der Waals surface area (Å²) in [7, 11) is 0. The number of anilines is 1. The second-order valence-electron chi connectivity index (χ2n) is 2.43. The van der Waals surface area contributed by atoms with Crippen LogP contribution in [0.15, 0.2) is 28.7 Å². The molecule has 0 heterocycles. The molecule has 0 unspecified atom stereocenters. The lowest BCUT2D eigenvalue weighted by atomic mass is 10.3. The number of nitrogens with one attached hydrogen (secondary N) is 1. The molecule has 0 saturated heterocycles. The van der Waals surface area contributed by atoms with Crippen molar-refractivity contribution in [3.05, 3.63) is 28.7 Å². The Kier molecular flexibility index (Phi) is 4.61. The van der Waals surface area contributed by atoms with E-state index in [4.69, 9.17) is 0 Å². The summed E-state index contributed by atoms with van der Waals surface area (Å²) in [6.07, 6.45) is 0. The van der Waals surface area contributed by atoms with E-state index in [-0.39, 0.29) is 5.91 Å². The molecule has 2 nitrogen and oxygen atoms in total. The highest BCUT2D eigenvalue weighted by molar-refractivity contribution is 9.40. The van der Waals surface area contributed by atoms with E-state index in [1.165, 1.54) is 0 Å². The standard InChI is InChI=1S/C8H5Br4NO/c9-5-3-1-2-4-6(5)13-7(14)8(10,11)12/h1-4H,(H,13,14). The molecule has 14 heavy (non-hydrogen) atoms. The lowest BCUT2D eigenvalue weighted by Crippen LogP contribution is -2.25. The third kappa shape index (κ3) is 3.64. The van der Waals surface area contributed by atoms with E-state index >= 15 is 0 Å². The Bertz CT molecular complexity index is 347. The fourth-order valence-electron chi connectivity index (χ4n) is 0.756. The molecule has 0 fully saturated rings. The number of hydrogen-bond acceptors (Lipinski definition) is 1. The van der Waals surface area contributed by atoms with E-state index in [2.05, 4.69) is 69.0 Å². The molecule has 0 saturated carbocycles. The number of benzene rings is 1. The molecule has 1 aromatic carbocycles. The van der Waals surface area contributed by atoms with Gasteiger partial charge in [-0.25, -0.2) is 0 Å². The van der Waals surface area contributed by atoms with E-state index in [0.717, 1.165) is 10.2 Å². The van der Waals surface area contributed by atoms with Crippen LogP contribution < -0.4 is 5.32 Å². The number of rotatable bonds is 1. The maximum Gasteiger partial charge on any atom is 0.263 e. The molecule has 1 amide bonds. The molecule has 76 valence electrons. The van der Waals surface area contributed by atoms with Gasteiger partial charge in [0.2, 0.25) is 2.14 Å². The van der Waals surface area contributed by atoms with Crippen LogP contribution in [-0.4, -0.2) is 8.05 Å². The van der Waals surface area contributed by atoms with Crippen LogP contribution in [0.3, 0.4) is 0 Å². The van der Waals surface area contributed by atoms with E-state index in [1.807, 2.05) is 18.2 Å². The number of hydrogen-bond donors (Lipinski definition) is 1. The highest BCUT2D eigenvalue weighted by atomic mass is 80.0. The monoisotopic (exact) mass is 447 g/mol. The Hall–Kier alpha value is 0.610. The van der Waals surface area contributed by atoms with Crippen LogP contribution in [-0.2, 0) is 4.79 Å². The first-order chi connectivity index (χ1) is 6.41. The SMILES string of the molecule is O=C(Nc1ccccc1Br)C(Br)(Br)Br. The van der Waals surface area contributed by atoms with E-state index in [0.29, 0.717) is 0 Å². The first kappa shape index (κ1) is 12.7. The summed E-state index contributed by atoms with van der Waals surface area (Å²) >= 11 is 12.7. The van der Waals surface area contributed by atoms with Crippen LogP contribution in [0.4, 0.5) is 5.69 Å². The molecule has 1 rings (SSSR count). The van der Waals surface area contributed by atoms with Gasteiger partial charge in [-0.2, -0.15) is 0 Å². The number of alkyl halides is 3. The second kappa shape index (κ2) is 5.09. The maximum absolute atomic E-state index is 11.5. The Morgan fingerprint density at radius 3 is 2.29 bits per heavy atom. The average molecular weight is 451 g/mol. The largest absolute Gasteiger partial charge is 0.322 e. The van der Waals surface area contributed by atoms with Crippen molar-refractivity contribution < 1.29 is 4.79 Å². The fraction of sp³-hybridized carbons (Fsp3) is 0.125. The van der Waals surface area contributed by atoms with Crippen LogP contribution in [0.1, 0.15) is 0 Å². The molecular formula is C8H5Br4NO. The molecule has 0 aromatic heterocycles. The molecule has 0 bridgehead atoms. The third-order valence-electron chi connectivity index (χ3n) is 1.38. The van der Waals surface area contributed by atoms with Crippen LogP contribution >= 0.6 is 63.7 Å². The highest BCUT2D eigenvalue weighted by Crippen LogP contribution is 2.35. The number of carbonyl (C=O) groups excluding carboxylic acids is 1. The van der Waals surface area contributed by atoms with Crippen molar-refractivity contribution in [2.75, 3.05) is 5.32 Å². The maximum atomic E-state index is 11.5. The summed E-state index contributed by atoms with van der Waals surface area (Å²) < 4.78 is -0.0902. The minimum absolute atomic E-state index is 0.232. The normalized spacial score (nSPS) is 11.1. The van der Waals surface area contributed by atoms with Crippen LogP contribution in [0.25, 0.3) is 0 Å². The van der Waals surface area contributed by atoms with Crippen LogP contribution in [0.2, 0.25) is 0 Å². The van der Waals surface area contributed by atoms with Crippen molar-refractivity contribution in [3.63, 3.8) is 0 Å². The first-order valence-corrected chi connectivity index (χ1v) is 6.71. The minimum atomic E-state index is -0.928. The fourth-order valence-corrected chi connectivity index (χ4v) is 1.44. The van der Waals surface area contributed by atoms with Gasteiger partial charge in [0.15, 0.2) is 0 Å². The predicted molar refractivity (Wildman–Crippen MR) is 72.3 cm³/mol. The zero-order valence-corrected chi connectivity index (χ0v) is 13.1. The van der Waals surface area contributed by atoms with Gasteiger partial charge < -0.3 is 5.32 Å². The summed E-state index contributed by atoms with van der Waals surface area (Å²) in [6, 6.07) is 7.39. The van der Waals surface area contributed by atoms with Crippen molar-refractivity contribution in [2.24, 2.45) is 0 Å². The van der Waals surface area contributed by atoms with Gasteiger partial charge in [-0.3, -0.25) is 4.79 Å². The van der Waals surface area contributed by atoms with Gasteiger partial charge in [0.05, 0.1) is 5.69 Å². The van der Waals surface area contributed by atoms with Crippen molar-refractivity contribution in [3.8, 4) is 0 Å². The molecule has 0 aliphatic heterocycles. The minimum Gasteiger partial charge on any atom is -0.322 e. The number of halogens is 4. The summed E-state index contributed by atoms with van der Waals surface area (Å²) in [5.41, 5.74) is 0.722. The van der Waals surface area contributed by atoms with Gasteiger partial charge in [0, 0.05) is 4.47 Å². The number of para-hydroxylation sites is 1. The third-order valence-corrected chi connectivity index (χ3v) is 3.15. The molecule has 1 aromatic rings. The second-order valence-corrected chi connectivity index (χ2v) is 10.0. The topological polar surface area (TPSA) is 29.1 Å². The van der Waals surface area contributed by atoms with Crippen LogP contribution in [0.5, 0.6) is 0 Å². The quantitative estimate of drug-likeness (QED) is 0.638. The number of amides is 1. The molecule has 0 spiro atoms. The zero-order valence-electron chi connectivity index (χ0n) is 6.73. The molecule has 6 heteroatoms. The molecule has 1 N–H and O–H groups in total. The van der Waals surface area contributed by atoms with Gasteiger partial charge in [-0.1, -0.05) is 12.1 Å². The molecular weight excluding hydrogens is 446 g/mol. The number of carbonyl (C=O) groups is 1. The summed E-state index contributed by atoms with van der Waals surface area (Å²) in [4.78, 5) is 11.5. The van der Waals surface area contributed by atoms with Gasteiger partial charge in [0.25, 0.3) is 5.91 Å². The van der Waals surface area contributed by atoms with Crippen LogP contribution in [0, 0.1) is 0 Å². The van der Waals surface area contributed by atoms with E-state index < -0.39 is 2.14 Å². The smallest absolute Gasteiger partial charge is 0.263 e. The molecule has 0 aliphatic carbocycles. The molecule has 0 aliphatic rings. The average Bonchev–Trinajstić information content (AvgIpc) is 2.07. The van der Waals surface area contributed by atoms with Gasteiger partial charge in [-0.05, 0) is 75.9 Å². The van der Waals surface area contributed by atoms with Crippen molar-refractivity contribution in [1.29, 1.82) is 0 Å². The summed E-state index contributed by atoms with van der Waals surface area (Å²) in [5, 5.41) is 2.72. The lowest BCUT2D eigenvalue weighted by molar-refractivity contribution is -0.114. The summed E-state index contributed by atoms with van der Waals surface area (Å²) in [6.45, 7) is 0. The lowest BCUT2D eigenvalue weighted by Gasteiger charge is -2.13. The van der Waals surface area contributed by atoms with Gasteiger partial charge in [-0.15, -0.1) is 0 Å². The van der Waals surface area contributed by atoms with E-state index in [1.54, 1.807) is 6.07 Å². The molecule has 0 atom stereocenters. The molecule has 0 radical (unpaired) electrons. The van der Waals surface area contributed by atoms with Gasteiger partial charge in [0.1, 0.15) is 0 Å². The van der Waals surface area contributed by atoms with E-state index in [9.17, 15) is 4.79 Å². The Balaban J connectivity index is 2.80. The first-order valence-electron chi connectivity index (χ1n) is 3.54. The highest BCUT2D eigenvalue weighted by Gasteiger charge is 2.28. The van der Waals surface area contributed by atoms with Crippen molar-refractivity contribution >= 4 is 75.3 Å². The predicted octanol–water partition coefficient (Wildman–Crippen LogP) is 4.23. The van der Waals surface area contributed by atoms with Crippen molar-refractivity contribution in [1.82, 2.24) is 0 Å². The van der Waals surface area contributed by atoms with Gasteiger partial charge >= 0.3 is 0 Å². The van der Waals surface area contributed by atoms with Crippen molar-refractivity contribution in [2.45, 2.75) is 2.14 Å². The summed E-state index contributed by atoms with van der Waals surface area (Å²) in [5.74, 6) is -0.232.